The van der Waals surface area contributed by atoms with Gasteiger partial charge in [-0.2, -0.15) is 0 Å². The van der Waals surface area contributed by atoms with Crippen LogP contribution < -0.4 is 0 Å². The van der Waals surface area contributed by atoms with Crippen LogP contribution in [0.4, 0.5) is 4.39 Å². The molecular weight excluding hydrogens is 251 g/mol. The molecule has 0 aliphatic carbocycles. The zero-order valence-electron chi connectivity index (χ0n) is 10.3. The van der Waals surface area contributed by atoms with Crippen molar-refractivity contribution in [2.75, 3.05) is 12.4 Å². The lowest BCUT2D eigenvalue weighted by Gasteiger charge is -2.13. The molecule has 2 nitrogen and oxygen atoms in total. The Bertz CT molecular complexity index is 367. The Kier molecular flexibility index (Phi) is 5.47. The Morgan fingerprint density at radius 2 is 2.39 bits per heavy atom. The number of thioether (sulfide) groups is 1. The van der Waals surface area contributed by atoms with Gasteiger partial charge in [0.05, 0.1) is 12.2 Å². The van der Waals surface area contributed by atoms with E-state index in [2.05, 4.69) is 0 Å². The Hall–Kier alpha value is -0.580. The normalized spacial score (nSPS) is 21.1. The topological polar surface area (TPSA) is 29.5 Å². The van der Waals surface area contributed by atoms with Crippen LogP contribution in [0.1, 0.15) is 25.7 Å². The summed E-state index contributed by atoms with van der Waals surface area (Å²) < 4.78 is 18.5. The Morgan fingerprint density at radius 3 is 3.11 bits per heavy atom. The van der Waals surface area contributed by atoms with E-state index >= 15 is 0 Å². The zero-order chi connectivity index (χ0) is 12.8. The summed E-state index contributed by atoms with van der Waals surface area (Å²) >= 11 is 1.49. The highest BCUT2D eigenvalue weighted by atomic mass is 32.2. The summed E-state index contributed by atoms with van der Waals surface area (Å²) in [4.78, 5) is 0.867. The summed E-state index contributed by atoms with van der Waals surface area (Å²) in [5, 5.41) is 9.87. The number of aliphatic hydroxyl groups is 1. The van der Waals surface area contributed by atoms with E-state index in [4.69, 9.17) is 4.74 Å². The highest BCUT2D eigenvalue weighted by Crippen LogP contribution is 2.22. The quantitative estimate of drug-likeness (QED) is 0.805. The molecule has 0 amide bonds. The monoisotopic (exact) mass is 270 g/mol. The first kappa shape index (κ1) is 13.8. The molecule has 1 heterocycles. The molecule has 2 atom stereocenters. The highest BCUT2D eigenvalue weighted by molar-refractivity contribution is 7.99. The predicted octanol–water partition coefficient (Wildman–Crippen LogP) is 3.24. The van der Waals surface area contributed by atoms with Crippen LogP contribution in [0.15, 0.2) is 29.2 Å². The van der Waals surface area contributed by atoms with Crippen LogP contribution in [0.2, 0.25) is 0 Å². The molecule has 1 aromatic rings. The molecular formula is C14H19FO2S. The number of hydrogen-bond acceptors (Lipinski definition) is 3. The van der Waals surface area contributed by atoms with Crippen molar-refractivity contribution in [2.24, 2.45) is 0 Å². The van der Waals surface area contributed by atoms with Crippen LogP contribution in [0.5, 0.6) is 0 Å². The van der Waals surface area contributed by atoms with Gasteiger partial charge in [0.2, 0.25) is 0 Å². The molecule has 0 spiro atoms. The van der Waals surface area contributed by atoms with Gasteiger partial charge >= 0.3 is 0 Å². The molecule has 1 saturated heterocycles. The minimum atomic E-state index is -0.345. The van der Waals surface area contributed by atoms with Crippen molar-refractivity contribution < 1.29 is 14.2 Å². The molecule has 1 fully saturated rings. The van der Waals surface area contributed by atoms with Gasteiger partial charge in [-0.3, -0.25) is 0 Å². The van der Waals surface area contributed by atoms with Crippen LogP contribution in [-0.2, 0) is 4.74 Å². The summed E-state index contributed by atoms with van der Waals surface area (Å²) in [6.07, 6.45) is 3.92. The maximum absolute atomic E-state index is 13.0. The first-order chi connectivity index (χ1) is 8.74. The van der Waals surface area contributed by atoms with E-state index < -0.39 is 0 Å². The Labute approximate surface area is 112 Å². The highest BCUT2D eigenvalue weighted by Gasteiger charge is 2.17. The fourth-order valence-electron chi connectivity index (χ4n) is 2.08. The molecule has 1 aliphatic heterocycles. The maximum Gasteiger partial charge on any atom is 0.124 e. The van der Waals surface area contributed by atoms with E-state index in [9.17, 15) is 9.50 Å². The molecule has 1 N–H and O–H groups in total. The zero-order valence-corrected chi connectivity index (χ0v) is 11.2. The molecule has 2 rings (SSSR count). The lowest BCUT2D eigenvalue weighted by atomic mass is 10.1. The van der Waals surface area contributed by atoms with Crippen molar-refractivity contribution in [1.29, 1.82) is 0 Å². The molecule has 0 aromatic heterocycles. The molecule has 2 unspecified atom stereocenters. The van der Waals surface area contributed by atoms with Gasteiger partial charge in [-0.25, -0.2) is 4.39 Å². The summed E-state index contributed by atoms with van der Waals surface area (Å²) in [6, 6.07) is 6.48. The minimum absolute atomic E-state index is 0.228. The summed E-state index contributed by atoms with van der Waals surface area (Å²) in [5.74, 6) is 0.379. The first-order valence-corrected chi connectivity index (χ1v) is 7.40. The molecule has 1 aliphatic rings. The van der Waals surface area contributed by atoms with Crippen LogP contribution in [0, 0.1) is 5.82 Å². The van der Waals surface area contributed by atoms with Crippen LogP contribution in [-0.4, -0.2) is 29.7 Å². The van der Waals surface area contributed by atoms with Crippen molar-refractivity contribution in [3.8, 4) is 0 Å². The molecule has 0 saturated carbocycles. The molecule has 0 bridgehead atoms. The van der Waals surface area contributed by atoms with E-state index in [0.29, 0.717) is 11.9 Å². The largest absolute Gasteiger partial charge is 0.392 e. The van der Waals surface area contributed by atoms with Gasteiger partial charge in [-0.15, -0.1) is 11.8 Å². The van der Waals surface area contributed by atoms with Crippen molar-refractivity contribution in [1.82, 2.24) is 0 Å². The molecule has 1 aromatic carbocycles. The standard InChI is InChI=1S/C14H19FO2S/c15-11-3-1-5-14(9-11)18-10-12(16)6-7-13-4-2-8-17-13/h1,3,5,9,12-13,16H,2,4,6-8,10H2. The van der Waals surface area contributed by atoms with Gasteiger partial charge in [0, 0.05) is 17.3 Å². The average molecular weight is 270 g/mol. The number of ether oxygens (including phenoxy) is 1. The lowest BCUT2D eigenvalue weighted by Crippen LogP contribution is -2.14. The number of aliphatic hydroxyl groups excluding tert-OH is 1. The van der Waals surface area contributed by atoms with Gasteiger partial charge < -0.3 is 9.84 Å². The van der Waals surface area contributed by atoms with Crippen molar-refractivity contribution in [3.63, 3.8) is 0 Å². The average Bonchev–Trinajstić information content (AvgIpc) is 2.87. The third-order valence-corrected chi connectivity index (χ3v) is 4.22. The molecule has 18 heavy (non-hydrogen) atoms. The molecule has 100 valence electrons. The third-order valence-electron chi connectivity index (χ3n) is 3.08. The van der Waals surface area contributed by atoms with Crippen molar-refractivity contribution in [3.05, 3.63) is 30.1 Å². The van der Waals surface area contributed by atoms with Gasteiger partial charge in [-0.05, 0) is 43.9 Å². The second-order valence-corrected chi connectivity index (χ2v) is 5.73. The lowest BCUT2D eigenvalue weighted by molar-refractivity contribution is 0.0861. The summed E-state index contributed by atoms with van der Waals surface area (Å²) in [5.41, 5.74) is 0. The third kappa shape index (κ3) is 4.59. The van der Waals surface area contributed by atoms with E-state index in [0.717, 1.165) is 37.2 Å². The maximum atomic E-state index is 13.0. The van der Waals surface area contributed by atoms with E-state index in [1.54, 1.807) is 6.07 Å². The Morgan fingerprint density at radius 1 is 1.50 bits per heavy atom. The van der Waals surface area contributed by atoms with Crippen LogP contribution in [0.3, 0.4) is 0 Å². The van der Waals surface area contributed by atoms with Crippen LogP contribution >= 0.6 is 11.8 Å². The minimum Gasteiger partial charge on any atom is -0.392 e. The van der Waals surface area contributed by atoms with Crippen molar-refractivity contribution >= 4 is 11.8 Å². The molecule has 4 heteroatoms. The first-order valence-electron chi connectivity index (χ1n) is 6.42. The van der Waals surface area contributed by atoms with E-state index in [-0.39, 0.29) is 11.9 Å². The fourth-order valence-corrected chi connectivity index (χ4v) is 3.01. The van der Waals surface area contributed by atoms with Gasteiger partial charge in [-0.1, -0.05) is 6.07 Å². The number of halogens is 1. The summed E-state index contributed by atoms with van der Waals surface area (Å²) in [7, 11) is 0. The SMILES string of the molecule is OC(CCC1CCCO1)CSc1cccc(F)c1. The fraction of sp³-hybridized carbons (Fsp3) is 0.571. The second-order valence-electron chi connectivity index (χ2n) is 4.63. The Balaban J connectivity index is 1.66. The number of rotatable bonds is 6. The van der Waals surface area contributed by atoms with Gasteiger partial charge in [0.15, 0.2) is 0 Å². The number of benzene rings is 1. The number of hydrogen-bond donors (Lipinski definition) is 1. The predicted molar refractivity (Wildman–Crippen MR) is 71.3 cm³/mol. The van der Waals surface area contributed by atoms with Gasteiger partial charge in [0.25, 0.3) is 0 Å². The molecule has 0 radical (unpaired) electrons. The smallest absolute Gasteiger partial charge is 0.124 e. The van der Waals surface area contributed by atoms with Crippen LogP contribution in [0.25, 0.3) is 0 Å². The summed E-state index contributed by atoms with van der Waals surface area (Å²) in [6.45, 7) is 0.860. The van der Waals surface area contributed by atoms with Crippen molar-refractivity contribution in [2.45, 2.75) is 42.8 Å². The van der Waals surface area contributed by atoms with E-state index in [1.165, 1.54) is 23.9 Å². The van der Waals surface area contributed by atoms with E-state index in [1.807, 2.05) is 6.07 Å². The van der Waals surface area contributed by atoms with Gasteiger partial charge in [0.1, 0.15) is 5.82 Å². The second kappa shape index (κ2) is 7.12.